The van der Waals surface area contributed by atoms with E-state index in [9.17, 15) is 0 Å². The number of rotatable bonds is 5. The second kappa shape index (κ2) is 6.99. The third-order valence-corrected chi connectivity index (χ3v) is 2.42. The summed E-state index contributed by atoms with van der Waals surface area (Å²) in [7, 11) is 0. The van der Waals surface area contributed by atoms with Crippen LogP contribution < -0.4 is 0 Å². The average Bonchev–Trinajstić information content (AvgIpc) is 2.30. The largest absolute Gasteiger partial charge is 0.261 e. The number of pyridine rings is 1. The van der Waals surface area contributed by atoms with Crippen molar-refractivity contribution in [2.45, 2.75) is 32.6 Å². The SMILES string of the molecule is C/C=C/CC(C/C=C/C)c1ccccn1. The molecule has 0 fully saturated rings. The van der Waals surface area contributed by atoms with Crippen LogP contribution in [-0.4, -0.2) is 4.98 Å². The van der Waals surface area contributed by atoms with Gasteiger partial charge in [-0.05, 0) is 38.8 Å². The molecule has 80 valence electrons. The molecule has 0 bridgehead atoms. The summed E-state index contributed by atoms with van der Waals surface area (Å²) in [6.07, 6.45) is 12.6. The van der Waals surface area contributed by atoms with Gasteiger partial charge in [0.25, 0.3) is 0 Å². The Bertz CT molecular complexity index is 297. The summed E-state index contributed by atoms with van der Waals surface area (Å²) < 4.78 is 0. The lowest BCUT2D eigenvalue weighted by Gasteiger charge is -2.11. The van der Waals surface area contributed by atoms with E-state index >= 15 is 0 Å². The number of nitrogens with zero attached hydrogens (tertiary/aromatic N) is 1. The summed E-state index contributed by atoms with van der Waals surface area (Å²) in [5, 5.41) is 0. The Morgan fingerprint density at radius 1 is 1.13 bits per heavy atom. The van der Waals surface area contributed by atoms with Crippen molar-refractivity contribution < 1.29 is 0 Å². The fraction of sp³-hybridized carbons (Fsp3) is 0.357. The van der Waals surface area contributed by atoms with Crippen LogP contribution in [0.3, 0.4) is 0 Å². The van der Waals surface area contributed by atoms with E-state index in [-0.39, 0.29) is 0 Å². The third-order valence-electron chi connectivity index (χ3n) is 2.42. The smallest absolute Gasteiger partial charge is 0.0440 e. The highest BCUT2D eigenvalue weighted by Crippen LogP contribution is 2.22. The molecule has 0 radical (unpaired) electrons. The van der Waals surface area contributed by atoms with Crippen molar-refractivity contribution in [1.82, 2.24) is 4.98 Å². The lowest BCUT2D eigenvalue weighted by atomic mass is 9.96. The standard InChI is InChI=1S/C14H19N/c1-3-5-9-13(10-6-4-2)14-11-7-8-12-15-14/h3-8,11-13H,9-10H2,1-2H3/b5-3+,6-4+. The summed E-state index contributed by atoms with van der Waals surface area (Å²) in [5.74, 6) is 0.513. The van der Waals surface area contributed by atoms with Gasteiger partial charge in [-0.2, -0.15) is 0 Å². The van der Waals surface area contributed by atoms with Crippen LogP contribution in [0, 0.1) is 0 Å². The number of allylic oxidation sites excluding steroid dienone is 4. The Hall–Kier alpha value is -1.37. The summed E-state index contributed by atoms with van der Waals surface area (Å²) in [4.78, 5) is 4.42. The minimum atomic E-state index is 0.513. The summed E-state index contributed by atoms with van der Waals surface area (Å²) in [6, 6.07) is 6.13. The second-order valence-electron chi connectivity index (χ2n) is 3.56. The number of hydrogen-bond acceptors (Lipinski definition) is 1. The molecule has 1 rings (SSSR count). The van der Waals surface area contributed by atoms with Gasteiger partial charge in [0.15, 0.2) is 0 Å². The zero-order valence-corrected chi connectivity index (χ0v) is 9.56. The molecule has 1 aromatic rings. The van der Waals surface area contributed by atoms with E-state index in [2.05, 4.69) is 55.3 Å². The molecule has 0 amide bonds. The van der Waals surface area contributed by atoms with Crippen LogP contribution in [0.5, 0.6) is 0 Å². The van der Waals surface area contributed by atoms with Gasteiger partial charge >= 0.3 is 0 Å². The molecule has 0 spiro atoms. The highest BCUT2D eigenvalue weighted by atomic mass is 14.7. The highest BCUT2D eigenvalue weighted by molar-refractivity contribution is 5.12. The monoisotopic (exact) mass is 201 g/mol. The first-order valence-electron chi connectivity index (χ1n) is 5.51. The normalized spacial score (nSPS) is 11.9. The number of hydrogen-bond donors (Lipinski definition) is 0. The fourth-order valence-electron chi connectivity index (χ4n) is 1.56. The summed E-state index contributed by atoms with van der Waals surface area (Å²) in [5.41, 5.74) is 1.19. The highest BCUT2D eigenvalue weighted by Gasteiger charge is 2.08. The van der Waals surface area contributed by atoms with Gasteiger partial charge in [-0.1, -0.05) is 30.4 Å². The molecule has 0 atom stereocenters. The van der Waals surface area contributed by atoms with Crippen LogP contribution in [0.25, 0.3) is 0 Å². The molecule has 0 N–H and O–H groups in total. The lowest BCUT2D eigenvalue weighted by Crippen LogP contribution is -1.98. The Labute approximate surface area is 92.6 Å². The first-order valence-corrected chi connectivity index (χ1v) is 5.51. The van der Waals surface area contributed by atoms with E-state index in [1.807, 2.05) is 12.3 Å². The van der Waals surface area contributed by atoms with Crippen molar-refractivity contribution in [1.29, 1.82) is 0 Å². The minimum absolute atomic E-state index is 0.513. The first-order chi connectivity index (χ1) is 7.38. The Kier molecular flexibility index (Phi) is 5.46. The van der Waals surface area contributed by atoms with Crippen molar-refractivity contribution >= 4 is 0 Å². The van der Waals surface area contributed by atoms with Gasteiger partial charge < -0.3 is 0 Å². The number of aromatic nitrogens is 1. The average molecular weight is 201 g/mol. The van der Waals surface area contributed by atoms with Crippen molar-refractivity contribution in [3.8, 4) is 0 Å². The Morgan fingerprint density at radius 3 is 2.27 bits per heavy atom. The topological polar surface area (TPSA) is 12.9 Å². The van der Waals surface area contributed by atoms with Gasteiger partial charge in [0.05, 0.1) is 0 Å². The maximum atomic E-state index is 4.42. The molecule has 15 heavy (non-hydrogen) atoms. The summed E-state index contributed by atoms with van der Waals surface area (Å²) >= 11 is 0. The van der Waals surface area contributed by atoms with E-state index in [1.54, 1.807) is 0 Å². The van der Waals surface area contributed by atoms with Crippen LogP contribution in [-0.2, 0) is 0 Å². The molecule has 0 saturated carbocycles. The van der Waals surface area contributed by atoms with Crippen molar-refractivity contribution in [2.24, 2.45) is 0 Å². The second-order valence-corrected chi connectivity index (χ2v) is 3.56. The van der Waals surface area contributed by atoms with Gasteiger partial charge in [-0.25, -0.2) is 0 Å². The molecule has 0 unspecified atom stereocenters. The molecule has 1 heterocycles. The van der Waals surface area contributed by atoms with E-state index in [0.29, 0.717) is 5.92 Å². The van der Waals surface area contributed by atoms with E-state index < -0.39 is 0 Å². The van der Waals surface area contributed by atoms with Gasteiger partial charge in [0, 0.05) is 17.8 Å². The predicted octanol–water partition coefficient (Wildman–Crippen LogP) is 4.10. The third kappa shape index (κ3) is 4.11. The molecule has 0 aliphatic carbocycles. The minimum Gasteiger partial charge on any atom is -0.261 e. The molecule has 0 aliphatic heterocycles. The van der Waals surface area contributed by atoms with Crippen LogP contribution >= 0.6 is 0 Å². The van der Waals surface area contributed by atoms with E-state index in [4.69, 9.17) is 0 Å². The van der Waals surface area contributed by atoms with Gasteiger partial charge in [0.2, 0.25) is 0 Å². The Balaban J connectivity index is 2.71. The van der Waals surface area contributed by atoms with Crippen LogP contribution in [0.15, 0.2) is 48.7 Å². The van der Waals surface area contributed by atoms with Crippen molar-refractivity contribution in [3.05, 3.63) is 54.4 Å². The van der Waals surface area contributed by atoms with Gasteiger partial charge in [0.1, 0.15) is 0 Å². The quantitative estimate of drug-likeness (QED) is 0.654. The van der Waals surface area contributed by atoms with Crippen LogP contribution in [0.2, 0.25) is 0 Å². The van der Waals surface area contributed by atoms with E-state index in [0.717, 1.165) is 12.8 Å². The molecule has 0 aliphatic rings. The molecule has 1 nitrogen and oxygen atoms in total. The maximum Gasteiger partial charge on any atom is 0.0440 e. The van der Waals surface area contributed by atoms with E-state index in [1.165, 1.54) is 5.69 Å². The molecule has 1 aromatic heterocycles. The van der Waals surface area contributed by atoms with Crippen LogP contribution in [0.4, 0.5) is 0 Å². The zero-order chi connectivity index (χ0) is 10.9. The molecular weight excluding hydrogens is 182 g/mol. The van der Waals surface area contributed by atoms with Gasteiger partial charge in [-0.3, -0.25) is 4.98 Å². The summed E-state index contributed by atoms with van der Waals surface area (Å²) in [6.45, 7) is 4.12. The zero-order valence-electron chi connectivity index (χ0n) is 9.56. The maximum absolute atomic E-state index is 4.42. The molecular formula is C14H19N. The lowest BCUT2D eigenvalue weighted by molar-refractivity contribution is 0.687. The fourth-order valence-corrected chi connectivity index (χ4v) is 1.56. The van der Waals surface area contributed by atoms with Crippen LogP contribution in [0.1, 0.15) is 38.3 Å². The molecule has 0 aromatic carbocycles. The molecule has 0 saturated heterocycles. The predicted molar refractivity (Wildman–Crippen MR) is 65.8 cm³/mol. The van der Waals surface area contributed by atoms with Crippen molar-refractivity contribution in [2.75, 3.05) is 0 Å². The van der Waals surface area contributed by atoms with Gasteiger partial charge in [-0.15, -0.1) is 0 Å². The van der Waals surface area contributed by atoms with Crippen molar-refractivity contribution in [3.63, 3.8) is 0 Å². The first kappa shape index (κ1) is 11.7. The molecule has 1 heteroatoms. The Morgan fingerprint density at radius 2 is 1.80 bits per heavy atom.